The van der Waals surface area contributed by atoms with Crippen molar-refractivity contribution >= 4 is 5.91 Å². The number of fused-ring (bicyclic) bond motifs is 1. The van der Waals surface area contributed by atoms with Gasteiger partial charge in [0.05, 0.1) is 36.9 Å². The summed E-state index contributed by atoms with van der Waals surface area (Å²) in [7, 11) is 1.97. The fraction of sp³-hybridized carbons (Fsp3) is 0.579. The molecule has 0 N–H and O–H groups in total. The zero-order chi connectivity index (χ0) is 16.9. The summed E-state index contributed by atoms with van der Waals surface area (Å²) in [4.78, 5) is 16.8. The molecule has 0 bridgehead atoms. The molecule has 1 saturated carbocycles. The monoisotopic (exact) mass is 327 g/mol. The number of benzene rings is 1. The van der Waals surface area contributed by atoms with Gasteiger partial charge in [0.2, 0.25) is 5.91 Å². The van der Waals surface area contributed by atoms with Crippen LogP contribution in [0, 0.1) is 11.3 Å². The minimum atomic E-state index is 0.200. The molecule has 1 heterocycles. The van der Waals surface area contributed by atoms with Crippen molar-refractivity contribution in [2.45, 2.75) is 44.4 Å². The second-order valence-electron chi connectivity index (χ2n) is 6.83. The molecule has 0 radical (unpaired) electrons. The maximum absolute atomic E-state index is 12.7. The molecule has 0 aromatic heterocycles. The van der Waals surface area contributed by atoms with E-state index in [9.17, 15) is 4.79 Å². The number of amides is 1. The van der Waals surface area contributed by atoms with Crippen molar-refractivity contribution in [2.24, 2.45) is 0 Å². The molecule has 1 amide bonds. The first-order chi connectivity index (χ1) is 11.7. The van der Waals surface area contributed by atoms with Gasteiger partial charge in [-0.1, -0.05) is 25.0 Å². The van der Waals surface area contributed by atoms with Gasteiger partial charge >= 0.3 is 0 Å². The van der Waals surface area contributed by atoms with Gasteiger partial charge in [0.15, 0.2) is 0 Å². The quantitative estimate of drug-likeness (QED) is 0.850. The Bertz CT molecular complexity index is 606. The van der Waals surface area contributed by atoms with E-state index in [2.05, 4.69) is 6.07 Å². The summed E-state index contributed by atoms with van der Waals surface area (Å²) >= 11 is 0. The normalized spacial score (nSPS) is 23.6. The zero-order valence-electron chi connectivity index (χ0n) is 14.3. The minimum Gasteiger partial charge on any atom is -0.374 e. The highest BCUT2D eigenvalue weighted by Gasteiger charge is 2.36. The fourth-order valence-corrected chi connectivity index (χ4v) is 3.78. The molecule has 1 saturated heterocycles. The lowest BCUT2D eigenvalue weighted by molar-refractivity contribution is -0.150. The van der Waals surface area contributed by atoms with Crippen LogP contribution in [0.25, 0.3) is 0 Å². The third-order valence-electron chi connectivity index (χ3n) is 4.99. The van der Waals surface area contributed by atoms with Crippen LogP contribution in [0.1, 0.15) is 36.8 Å². The number of nitriles is 1. The average Bonchev–Trinajstić information content (AvgIpc) is 2.61. The third kappa shape index (κ3) is 3.95. The number of hydrogen-bond donors (Lipinski definition) is 0. The van der Waals surface area contributed by atoms with Crippen LogP contribution < -0.4 is 0 Å². The number of rotatable bonds is 4. The number of carbonyl (C=O) groups excluding carboxylic acids is 1. The number of ether oxygens (including phenoxy) is 1. The van der Waals surface area contributed by atoms with Crippen molar-refractivity contribution in [3.05, 3.63) is 35.4 Å². The maximum Gasteiger partial charge on any atom is 0.237 e. The van der Waals surface area contributed by atoms with Crippen LogP contribution in [-0.2, 0) is 16.1 Å². The zero-order valence-corrected chi connectivity index (χ0v) is 14.3. The Morgan fingerprint density at radius 2 is 2.08 bits per heavy atom. The van der Waals surface area contributed by atoms with Gasteiger partial charge in [0, 0.05) is 13.1 Å². The first kappa shape index (κ1) is 16.9. The molecule has 24 heavy (non-hydrogen) atoms. The molecule has 1 aromatic carbocycles. The van der Waals surface area contributed by atoms with E-state index in [-0.39, 0.29) is 18.1 Å². The van der Waals surface area contributed by atoms with Crippen molar-refractivity contribution in [1.82, 2.24) is 9.80 Å². The van der Waals surface area contributed by atoms with Crippen molar-refractivity contribution in [2.75, 3.05) is 26.7 Å². The SMILES string of the molecule is CN(CC(=O)N1CCO[C@@H]2CCCC[C@H]21)Cc1ccc(C#N)cc1. The largest absolute Gasteiger partial charge is 0.374 e. The van der Waals surface area contributed by atoms with E-state index in [4.69, 9.17) is 10.00 Å². The standard InChI is InChI=1S/C19H25N3O2/c1-21(13-16-8-6-15(12-20)7-9-16)14-19(23)22-10-11-24-18-5-3-2-4-17(18)22/h6-9,17-18H,2-5,10-11,13-14H2,1H3/t17-,18-/m1/s1. The molecular formula is C19H25N3O2. The van der Waals surface area contributed by atoms with Crippen LogP contribution in [0.15, 0.2) is 24.3 Å². The summed E-state index contributed by atoms with van der Waals surface area (Å²) in [6, 6.07) is 9.93. The van der Waals surface area contributed by atoms with Crippen LogP contribution in [-0.4, -0.2) is 54.6 Å². The van der Waals surface area contributed by atoms with E-state index in [1.807, 2.05) is 41.1 Å². The summed E-state index contributed by atoms with van der Waals surface area (Å²) in [6.45, 7) is 2.50. The molecule has 3 rings (SSSR count). The first-order valence-electron chi connectivity index (χ1n) is 8.76. The van der Waals surface area contributed by atoms with Crippen LogP contribution in [0.4, 0.5) is 0 Å². The maximum atomic E-state index is 12.7. The lowest BCUT2D eigenvalue weighted by atomic mass is 9.90. The lowest BCUT2D eigenvalue weighted by Gasteiger charge is -2.44. The summed E-state index contributed by atoms with van der Waals surface area (Å²) in [6.07, 6.45) is 4.78. The summed E-state index contributed by atoms with van der Waals surface area (Å²) < 4.78 is 5.85. The van der Waals surface area contributed by atoms with Crippen LogP contribution in [0.3, 0.4) is 0 Å². The van der Waals surface area contributed by atoms with E-state index in [0.717, 1.165) is 18.4 Å². The molecular weight excluding hydrogens is 302 g/mol. The van der Waals surface area contributed by atoms with E-state index >= 15 is 0 Å². The van der Waals surface area contributed by atoms with Crippen LogP contribution >= 0.6 is 0 Å². The van der Waals surface area contributed by atoms with Crippen molar-refractivity contribution in [3.8, 4) is 6.07 Å². The Balaban J connectivity index is 1.56. The Labute approximate surface area is 143 Å². The van der Waals surface area contributed by atoms with Gasteiger partial charge in [-0.25, -0.2) is 0 Å². The van der Waals surface area contributed by atoms with Gasteiger partial charge in [-0.2, -0.15) is 5.26 Å². The molecule has 2 aliphatic rings. The van der Waals surface area contributed by atoms with Gasteiger partial charge in [0.1, 0.15) is 0 Å². The van der Waals surface area contributed by atoms with E-state index in [1.165, 1.54) is 12.8 Å². The highest BCUT2D eigenvalue weighted by atomic mass is 16.5. The number of likely N-dealkylation sites (N-methyl/N-ethyl adjacent to an activating group) is 1. The topological polar surface area (TPSA) is 56.6 Å². The van der Waals surface area contributed by atoms with E-state index in [1.54, 1.807) is 0 Å². The average molecular weight is 327 g/mol. The molecule has 1 aliphatic carbocycles. The summed E-state index contributed by atoms with van der Waals surface area (Å²) in [5.74, 6) is 0.200. The third-order valence-corrected chi connectivity index (χ3v) is 4.99. The van der Waals surface area contributed by atoms with Gasteiger partial charge in [-0.05, 0) is 37.6 Å². The number of nitrogens with zero attached hydrogens (tertiary/aromatic N) is 3. The number of morpholine rings is 1. The molecule has 5 heteroatoms. The molecule has 0 unspecified atom stereocenters. The Kier molecular flexibility index (Phi) is 5.49. The van der Waals surface area contributed by atoms with E-state index in [0.29, 0.717) is 31.8 Å². The van der Waals surface area contributed by atoms with Crippen LogP contribution in [0.5, 0.6) is 0 Å². The second kappa shape index (κ2) is 7.78. The molecule has 128 valence electrons. The molecule has 1 aliphatic heterocycles. The summed E-state index contributed by atoms with van der Waals surface area (Å²) in [5.41, 5.74) is 1.77. The number of carbonyl (C=O) groups is 1. The van der Waals surface area contributed by atoms with Gasteiger partial charge in [-0.3, -0.25) is 9.69 Å². The highest BCUT2D eigenvalue weighted by molar-refractivity contribution is 5.78. The number of hydrogen-bond acceptors (Lipinski definition) is 4. The molecule has 0 spiro atoms. The Hall–Kier alpha value is -1.90. The summed E-state index contributed by atoms with van der Waals surface area (Å²) in [5, 5.41) is 8.85. The molecule has 1 aromatic rings. The van der Waals surface area contributed by atoms with E-state index < -0.39 is 0 Å². The molecule has 2 atom stereocenters. The molecule has 5 nitrogen and oxygen atoms in total. The fourth-order valence-electron chi connectivity index (χ4n) is 3.78. The van der Waals surface area contributed by atoms with Crippen LogP contribution in [0.2, 0.25) is 0 Å². The van der Waals surface area contributed by atoms with Crippen molar-refractivity contribution in [1.29, 1.82) is 5.26 Å². The Morgan fingerprint density at radius 3 is 2.83 bits per heavy atom. The smallest absolute Gasteiger partial charge is 0.237 e. The highest BCUT2D eigenvalue weighted by Crippen LogP contribution is 2.28. The van der Waals surface area contributed by atoms with Crippen molar-refractivity contribution < 1.29 is 9.53 Å². The van der Waals surface area contributed by atoms with Crippen molar-refractivity contribution in [3.63, 3.8) is 0 Å². The predicted molar refractivity (Wildman–Crippen MR) is 91.2 cm³/mol. The van der Waals surface area contributed by atoms with Gasteiger partial charge < -0.3 is 9.64 Å². The van der Waals surface area contributed by atoms with Gasteiger partial charge in [-0.15, -0.1) is 0 Å². The minimum absolute atomic E-state index is 0.200. The van der Waals surface area contributed by atoms with Gasteiger partial charge in [0.25, 0.3) is 0 Å². The lowest BCUT2D eigenvalue weighted by Crippen LogP contribution is -2.56. The predicted octanol–water partition coefficient (Wildman–Crippen LogP) is 2.16. The first-order valence-corrected chi connectivity index (χ1v) is 8.76. The Morgan fingerprint density at radius 1 is 1.33 bits per heavy atom. The second-order valence-corrected chi connectivity index (χ2v) is 6.83. The molecule has 2 fully saturated rings.